The van der Waals surface area contributed by atoms with Gasteiger partial charge in [0, 0.05) is 24.3 Å². The lowest BCUT2D eigenvalue weighted by Crippen LogP contribution is -2.13. The van der Waals surface area contributed by atoms with Gasteiger partial charge in [0.25, 0.3) is 0 Å². The zero-order chi connectivity index (χ0) is 12.0. The minimum absolute atomic E-state index is 0.0812. The first-order chi connectivity index (χ1) is 8.13. The fourth-order valence-electron chi connectivity index (χ4n) is 2.28. The number of benzene rings is 1. The molecule has 0 bridgehead atoms. The average Bonchev–Trinajstić information content (AvgIpc) is 2.83. The zero-order valence-corrected chi connectivity index (χ0v) is 10.2. The third-order valence-corrected chi connectivity index (χ3v) is 3.39. The summed E-state index contributed by atoms with van der Waals surface area (Å²) >= 11 is 6.13. The van der Waals surface area contributed by atoms with Gasteiger partial charge in [-0.1, -0.05) is 11.6 Å². The number of fused-ring (bicyclic) bond motifs is 1. The molecule has 17 heavy (non-hydrogen) atoms. The summed E-state index contributed by atoms with van der Waals surface area (Å²) in [5.41, 5.74) is 1.82. The quantitative estimate of drug-likeness (QED) is 0.844. The molecule has 3 rings (SSSR count). The molecule has 88 valence electrons. The van der Waals surface area contributed by atoms with Crippen LogP contribution in [-0.2, 0) is 4.79 Å². The highest BCUT2D eigenvalue weighted by atomic mass is 35.5. The summed E-state index contributed by atoms with van der Waals surface area (Å²) in [6.45, 7) is 2.65. The number of furan rings is 1. The van der Waals surface area contributed by atoms with Crippen molar-refractivity contribution >= 4 is 28.5 Å². The Labute approximate surface area is 104 Å². The highest BCUT2D eigenvalue weighted by Crippen LogP contribution is 2.33. The molecular weight excluding hydrogens is 238 g/mol. The molecule has 1 aliphatic rings. The summed E-state index contributed by atoms with van der Waals surface area (Å²) in [6.07, 6.45) is 0.496. The third kappa shape index (κ3) is 1.80. The number of halogens is 1. The molecule has 1 fully saturated rings. The van der Waals surface area contributed by atoms with Gasteiger partial charge < -0.3 is 9.73 Å². The lowest BCUT2D eigenvalue weighted by atomic mass is 10.1. The van der Waals surface area contributed by atoms with E-state index in [-0.39, 0.29) is 11.8 Å². The summed E-state index contributed by atoms with van der Waals surface area (Å²) < 4.78 is 5.76. The van der Waals surface area contributed by atoms with E-state index >= 15 is 0 Å². The van der Waals surface area contributed by atoms with Crippen molar-refractivity contribution in [2.45, 2.75) is 19.3 Å². The molecule has 3 nitrogen and oxygen atoms in total. The highest BCUT2D eigenvalue weighted by molar-refractivity contribution is 6.34. The molecule has 2 aromatic rings. The van der Waals surface area contributed by atoms with Gasteiger partial charge in [-0.05, 0) is 30.7 Å². The van der Waals surface area contributed by atoms with Crippen molar-refractivity contribution in [3.63, 3.8) is 0 Å². The number of carbonyl (C=O) groups excluding carboxylic acids is 1. The van der Waals surface area contributed by atoms with Crippen molar-refractivity contribution in [3.8, 4) is 0 Å². The van der Waals surface area contributed by atoms with Crippen LogP contribution in [0.3, 0.4) is 0 Å². The van der Waals surface area contributed by atoms with Gasteiger partial charge in [-0.3, -0.25) is 4.79 Å². The Balaban J connectivity index is 2.07. The first-order valence-corrected chi connectivity index (χ1v) is 5.97. The number of carbonyl (C=O) groups is 1. The largest absolute Gasteiger partial charge is 0.459 e. The molecule has 0 aliphatic carbocycles. The second kappa shape index (κ2) is 3.77. The second-order valence-corrected chi connectivity index (χ2v) is 4.93. The predicted octanol–water partition coefficient (Wildman–Crippen LogP) is 3.00. The van der Waals surface area contributed by atoms with Crippen molar-refractivity contribution in [1.82, 2.24) is 5.32 Å². The molecule has 1 atom stereocenters. The molecule has 2 heterocycles. The maximum atomic E-state index is 11.2. The number of rotatable bonds is 1. The van der Waals surface area contributed by atoms with E-state index in [1.165, 1.54) is 0 Å². The highest BCUT2D eigenvalue weighted by Gasteiger charge is 2.26. The van der Waals surface area contributed by atoms with E-state index in [9.17, 15) is 4.79 Å². The number of amides is 1. The number of nitrogens with one attached hydrogen (secondary N) is 1. The van der Waals surface area contributed by atoms with Gasteiger partial charge in [0.2, 0.25) is 5.91 Å². The molecule has 4 heteroatoms. The van der Waals surface area contributed by atoms with Crippen LogP contribution >= 0.6 is 11.6 Å². The summed E-state index contributed by atoms with van der Waals surface area (Å²) in [5.74, 6) is 1.05. The van der Waals surface area contributed by atoms with Crippen LogP contribution in [0.2, 0.25) is 5.02 Å². The summed E-state index contributed by atoms with van der Waals surface area (Å²) in [7, 11) is 0. The van der Waals surface area contributed by atoms with Gasteiger partial charge in [0.15, 0.2) is 5.58 Å². The fourth-order valence-corrected chi connectivity index (χ4v) is 2.60. The van der Waals surface area contributed by atoms with Crippen LogP contribution < -0.4 is 5.32 Å². The molecule has 1 N–H and O–H groups in total. The Bertz CT molecular complexity index is 603. The van der Waals surface area contributed by atoms with E-state index in [0.29, 0.717) is 23.6 Å². The van der Waals surface area contributed by atoms with Gasteiger partial charge in [0.1, 0.15) is 5.76 Å². The summed E-state index contributed by atoms with van der Waals surface area (Å²) in [4.78, 5) is 11.2. The SMILES string of the molecule is Cc1cc(Cl)c2oc(C3CNC(=O)C3)cc2c1. The Hall–Kier alpha value is -1.48. The number of aryl methyl sites for hydroxylation is 1. The van der Waals surface area contributed by atoms with E-state index in [1.54, 1.807) is 0 Å². The minimum Gasteiger partial charge on any atom is -0.459 e. The lowest BCUT2D eigenvalue weighted by Gasteiger charge is -2.00. The summed E-state index contributed by atoms with van der Waals surface area (Å²) in [6, 6.07) is 5.91. The van der Waals surface area contributed by atoms with Crippen LogP contribution in [0.5, 0.6) is 0 Å². The van der Waals surface area contributed by atoms with E-state index in [2.05, 4.69) is 5.32 Å². The van der Waals surface area contributed by atoms with Gasteiger partial charge in [-0.15, -0.1) is 0 Å². The molecule has 0 saturated carbocycles. The maximum absolute atomic E-state index is 11.2. The van der Waals surface area contributed by atoms with Crippen molar-refractivity contribution in [2.24, 2.45) is 0 Å². The second-order valence-electron chi connectivity index (χ2n) is 4.52. The van der Waals surface area contributed by atoms with Crippen LogP contribution in [0.4, 0.5) is 0 Å². The average molecular weight is 250 g/mol. The molecule has 0 radical (unpaired) electrons. The number of hydrogen-bond donors (Lipinski definition) is 1. The van der Waals surface area contributed by atoms with E-state index in [0.717, 1.165) is 16.7 Å². The van der Waals surface area contributed by atoms with Crippen LogP contribution in [-0.4, -0.2) is 12.5 Å². The fraction of sp³-hybridized carbons (Fsp3) is 0.308. The van der Waals surface area contributed by atoms with Crippen LogP contribution in [0.25, 0.3) is 11.0 Å². The molecule has 1 saturated heterocycles. The Kier molecular flexibility index (Phi) is 2.37. The smallest absolute Gasteiger partial charge is 0.220 e. The molecule has 1 amide bonds. The minimum atomic E-state index is 0.0812. The van der Waals surface area contributed by atoms with Gasteiger partial charge in [-0.2, -0.15) is 0 Å². The zero-order valence-electron chi connectivity index (χ0n) is 9.42. The monoisotopic (exact) mass is 249 g/mol. The summed E-state index contributed by atoms with van der Waals surface area (Å²) in [5, 5.41) is 4.44. The van der Waals surface area contributed by atoms with E-state index < -0.39 is 0 Å². The first kappa shape index (κ1) is 10.7. The van der Waals surface area contributed by atoms with Crippen LogP contribution in [0.15, 0.2) is 22.6 Å². The van der Waals surface area contributed by atoms with Gasteiger partial charge in [0.05, 0.1) is 5.02 Å². The van der Waals surface area contributed by atoms with Crippen LogP contribution in [0, 0.1) is 6.92 Å². The maximum Gasteiger partial charge on any atom is 0.220 e. The third-order valence-electron chi connectivity index (χ3n) is 3.11. The molecule has 0 spiro atoms. The Morgan fingerprint density at radius 2 is 2.24 bits per heavy atom. The van der Waals surface area contributed by atoms with Crippen LogP contribution in [0.1, 0.15) is 23.7 Å². The first-order valence-electron chi connectivity index (χ1n) is 5.60. The molecule has 1 aromatic carbocycles. The van der Waals surface area contributed by atoms with E-state index in [1.807, 2.05) is 25.1 Å². The topological polar surface area (TPSA) is 42.2 Å². The Morgan fingerprint density at radius 3 is 2.94 bits per heavy atom. The standard InChI is InChI=1S/C13H12ClNO2/c1-7-2-8-4-11(9-5-12(16)15-6-9)17-13(8)10(14)3-7/h2-4,9H,5-6H2,1H3,(H,15,16). The molecular formula is C13H12ClNO2. The molecule has 1 aromatic heterocycles. The van der Waals surface area contributed by atoms with Gasteiger partial charge in [-0.25, -0.2) is 0 Å². The Morgan fingerprint density at radius 1 is 1.41 bits per heavy atom. The molecule has 1 aliphatic heterocycles. The van der Waals surface area contributed by atoms with Crippen molar-refractivity contribution in [3.05, 3.63) is 34.5 Å². The van der Waals surface area contributed by atoms with Crippen molar-refractivity contribution in [2.75, 3.05) is 6.54 Å². The lowest BCUT2D eigenvalue weighted by molar-refractivity contribution is -0.119. The predicted molar refractivity (Wildman–Crippen MR) is 66.3 cm³/mol. The van der Waals surface area contributed by atoms with Crippen molar-refractivity contribution in [1.29, 1.82) is 0 Å². The van der Waals surface area contributed by atoms with Crippen molar-refractivity contribution < 1.29 is 9.21 Å². The number of hydrogen-bond acceptors (Lipinski definition) is 2. The van der Waals surface area contributed by atoms with E-state index in [4.69, 9.17) is 16.0 Å². The molecule has 1 unspecified atom stereocenters. The van der Waals surface area contributed by atoms with Gasteiger partial charge >= 0.3 is 0 Å². The normalized spacial score (nSPS) is 19.9.